The first-order valence-corrected chi connectivity index (χ1v) is 6.18. The van der Waals surface area contributed by atoms with Gasteiger partial charge in [-0.1, -0.05) is 13.8 Å². The zero-order valence-corrected chi connectivity index (χ0v) is 11.4. The average molecular weight is 215 g/mol. The molecular formula is C13H29NO. The van der Waals surface area contributed by atoms with Crippen LogP contribution in [-0.2, 0) is 4.74 Å². The lowest BCUT2D eigenvalue weighted by Crippen LogP contribution is -2.32. The van der Waals surface area contributed by atoms with E-state index in [2.05, 4.69) is 46.9 Å². The van der Waals surface area contributed by atoms with Gasteiger partial charge < -0.3 is 10.1 Å². The highest BCUT2D eigenvalue weighted by molar-refractivity contribution is 4.63. The van der Waals surface area contributed by atoms with Crippen LogP contribution in [0.3, 0.4) is 0 Å². The summed E-state index contributed by atoms with van der Waals surface area (Å²) in [5, 5.41) is 3.49. The van der Waals surface area contributed by atoms with Crippen molar-refractivity contribution in [3.05, 3.63) is 0 Å². The first kappa shape index (κ1) is 14.9. The summed E-state index contributed by atoms with van der Waals surface area (Å²) in [5.74, 6) is 0.806. The van der Waals surface area contributed by atoms with Gasteiger partial charge in [0.05, 0.1) is 12.2 Å². The zero-order valence-electron chi connectivity index (χ0n) is 11.4. The van der Waals surface area contributed by atoms with E-state index in [0.717, 1.165) is 19.1 Å². The molecule has 0 aliphatic carbocycles. The van der Waals surface area contributed by atoms with E-state index in [-0.39, 0.29) is 5.60 Å². The number of nitrogens with one attached hydrogen (secondary N) is 1. The van der Waals surface area contributed by atoms with Gasteiger partial charge in [0.25, 0.3) is 0 Å². The third kappa shape index (κ3) is 11.8. The molecule has 0 spiro atoms. The standard InChI is InChI=1S/C13H29NO/c1-11(2)7-8-12(3)14-9-10-15-13(4,5)6/h11-12,14H,7-10H2,1-6H3. The van der Waals surface area contributed by atoms with Gasteiger partial charge in [-0.2, -0.15) is 0 Å². The predicted octanol–water partition coefficient (Wildman–Crippen LogP) is 3.22. The summed E-state index contributed by atoms with van der Waals surface area (Å²) in [5.41, 5.74) is -0.0111. The van der Waals surface area contributed by atoms with Crippen LogP contribution in [0.5, 0.6) is 0 Å². The highest BCUT2D eigenvalue weighted by Gasteiger charge is 2.09. The van der Waals surface area contributed by atoms with Crippen molar-refractivity contribution in [3.63, 3.8) is 0 Å². The van der Waals surface area contributed by atoms with Gasteiger partial charge in [-0.15, -0.1) is 0 Å². The maximum Gasteiger partial charge on any atom is 0.0599 e. The Labute approximate surface area is 95.8 Å². The Kier molecular flexibility index (Phi) is 7.20. The van der Waals surface area contributed by atoms with Crippen LogP contribution in [0.25, 0.3) is 0 Å². The van der Waals surface area contributed by atoms with Crippen molar-refractivity contribution in [2.24, 2.45) is 5.92 Å². The molecule has 0 aliphatic rings. The van der Waals surface area contributed by atoms with Crippen molar-refractivity contribution in [3.8, 4) is 0 Å². The Morgan fingerprint density at radius 1 is 1.07 bits per heavy atom. The third-order valence-electron chi connectivity index (χ3n) is 2.31. The van der Waals surface area contributed by atoms with Crippen LogP contribution in [0.15, 0.2) is 0 Å². The van der Waals surface area contributed by atoms with E-state index in [4.69, 9.17) is 4.74 Å². The van der Waals surface area contributed by atoms with Gasteiger partial charge in [0.15, 0.2) is 0 Å². The minimum atomic E-state index is -0.0111. The molecule has 0 bridgehead atoms. The molecule has 92 valence electrons. The molecule has 0 saturated heterocycles. The monoisotopic (exact) mass is 215 g/mol. The largest absolute Gasteiger partial charge is 0.375 e. The fraction of sp³-hybridized carbons (Fsp3) is 1.00. The van der Waals surface area contributed by atoms with Crippen molar-refractivity contribution in [1.82, 2.24) is 5.32 Å². The highest BCUT2D eigenvalue weighted by Crippen LogP contribution is 2.07. The second-order valence-electron chi connectivity index (χ2n) is 5.79. The second-order valence-corrected chi connectivity index (χ2v) is 5.79. The van der Waals surface area contributed by atoms with Crippen molar-refractivity contribution in [2.45, 2.75) is 66.0 Å². The molecule has 0 aromatic carbocycles. The summed E-state index contributed by atoms with van der Waals surface area (Å²) in [4.78, 5) is 0. The van der Waals surface area contributed by atoms with Gasteiger partial charge in [-0.05, 0) is 46.5 Å². The summed E-state index contributed by atoms with van der Waals surface area (Å²) in [6, 6.07) is 0.607. The summed E-state index contributed by atoms with van der Waals surface area (Å²) in [6.07, 6.45) is 2.56. The highest BCUT2D eigenvalue weighted by atomic mass is 16.5. The van der Waals surface area contributed by atoms with E-state index in [0.29, 0.717) is 6.04 Å². The van der Waals surface area contributed by atoms with Crippen molar-refractivity contribution >= 4 is 0 Å². The Hall–Kier alpha value is -0.0800. The number of ether oxygens (including phenoxy) is 1. The third-order valence-corrected chi connectivity index (χ3v) is 2.31. The first-order valence-electron chi connectivity index (χ1n) is 6.18. The first-order chi connectivity index (χ1) is 6.81. The van der Waals surface area contributed by atoms with Gasteiger partial charge in [0.2, 0.25) is 0 Å². The molecule has 0 aromatic heterocycles. The van der Waals surface area contributed by atoms with E-state index in [1.54, 1.807) is 0 Å². The molecule has 2 heteroatoms. The van der Waals surface area contributed by atoms with Gasteiger partial charge in [0.1, 0.15) is 0 Å². The summed E-state index contributed by atoms with van der Waals surface area (Å²) in [6.45, 7) is 14.8. The Morgan fingerprint density at radius 3 is 2.13 bits per heavy atom. The smallest absolute Gasteiger partial charge is 0.0599 e. The van der Waals surface area contributed by atoms with E-state index in [9.17, 15) is 0 Å². The van der Waals surface area contributed by atoms with Crippen LogP contribution in [0.1, 0.15) is 54.4 Å². The molecule has 0 saturated carbocycles. The fourth-order valence-electron chi connectivity index (χ4n) is 1.35. The normalized spacial score (nSPS) is 14.6. The quantitative estimate of drug-likeness (QED) is 0.658. The SMILES string of the molecule is CC(C)CCC(C)NCCOC(C)(C)C. The minimum Gasteiger partial charge on any atom is -0.375 e. The molecule has 1 atom stereocenters. The molecule has 0 aromatic rings. The molecule has 1 unspecified atom stereocenters. The van der Waals surface area contributed by atoms with Crippen LogP contribution in [0.4, 0.5) is 0 Å². The number of hydrogen-bond donors (Lipinski definition) is 1. The summed E-state index contributed by atoms with van der Waals surface area (Å²) < 4.78 is 5.64. The van der Waals surface area contributed by atoms with Crippen LogP contribution in [0, 0.1) is 5.92 Å². The van der Waals surface area contributed by atoms with Gasteiger partial charge in [-0.25, -0.2) is 0 Å². The van der Waals surface area contributed by atoms with Crippen LogP contribution >= 0.6 is 0 Å². The Morgan fingerprint density at radius 2 is 1.67 bits per heavy atom. The van der Waals surface area contributed by atoms with Crippen LogP contribution in [0.2, 0.25) is 0 Å². The molecule has 0 rings (SSSR count). The lowest BCUT2D eigenvalue weighted by atomic mass is 10.0. The fourth-order valence-corrected chi connectivity index (χ4v) is 1.35. The van der Waals surface area contributed by atoms with E-state index in [1.807, 2.05) is 0 Å². The molecule has 1 N–H and O–H groups in total. The van der Waals surface area contributed by atoms with Gasteiger partial charge in [-0.3, -0.25) is 0 Å². The summed E-state index contributed by atoms with van der Waals surface area (Å²) >= 11 is 0. The second kappa shape index (κ2) is 7.24. The average Bonchev–Trinajstić information content (AvgIpc) is 2.07. The summed E-state index contributed by atoms with van der Waals surface area (Å²) in [7, 11) is 0. The topological polar surface area (TPSA) is 21.3 Å². The maximum atomic E-state index is 5.64. The zero-order chi connectivity index (χ0) is 11.9. The van der Waals surface area contributed by atoms with Gasteiger partial charge >= 0.3 is 0 Å². The molecular weight excluding hydrogens is 186 g/mol. The molecule has 0 aliphatic heterocycles. The Balaban J connectivity index is 3.35. The lowest BCUT2D eigenvalue weighted by molar-refractivity contribution is -0.00157. The van der Waals surface area contributed by atoms with Crippen LogP contribution in [-0.4, -0.2) is 24.8 Å². The molecule has 0 heterocycles. The molecule has 0 amide bonds. The molecule has 2 nitrogen and oxygen atoms in total. The molecule has 0 fully saturated rings. The van der Waals surface area contributed by atoms with Crippen molar-refractivity contribution in [2.75, 3.05) is 13.2 Å². The van der Waals surface area contributed by atoms with Gasteiger partial charge in [0, 0.05) is 12.6 Å². The lowest BCUT2D eigenvalue weighted by Gasteiger charge is -2.21. The Bertz CT molecular complexity index is 149. The van der Waals surface area contributed by atoms with Crippen LogP contribution < -0.4 is 5.32 Å². The van der Waals surface area contributed by atoms with E-state index >= 15 is 0 Å². The molecule has 0 radical (unpaired) electrons. The predicted molar refractivity (Wildman–Crippen MR) is 67.2 cm³/mol. The van der Waals surface area contributed by atoms with E-state index < -0.39 is 0 Å². The number of rotatable bonds is 7. The van der Waals surface area contributed by atoms with Crippen molar-refractivity contribution in [1.29, 1.82) is 0 Å². The minimum absolute atomic E-state index is 0.0111. The van der Waals surface area contributed by atoms with E-state index in [1.165, 1.54) is 12.8 Å². The molecule has 15 heavy (non-hydrogen) atoms. The number of hydrogen-bond acceptors (Lipinski definition) is 2. The van der Waals surface area contributed by atoms with Crippen molar-refractivity contribution < 1.29 is 4.74 Å². The maximum absolute atomic E-state index is 5.64.